The lowest BCUT2D eigenvalue weighted by molar-refractivity contribution is -0.274. The van der Waals surface area contributed by atoms with Crippen molar-refractivity contribution >= 4 is 40.0 Å². The largest absolute Gasteiger partial charge is 0.573 e. The molecule has 0 spiro atoms. The zero-order valence-corrected chi connectivity index (χ0v) is 10.6. The lowest BCUT2D eigenvalue weighted by atomic mass is 10.1. The lowest BCUT2D eigenvalue weighted by Gasteiger charge is -2.12. The van der Waals surface area contributed by atoms with Gasteiger partial charge in [0.1, 0.15) is 5.75 Å². The van der Waals surface area contributed by atoms with E-state index in [-0.39, 0.29) is 5.56 Å². The number of hydrogen-bond acceptors (Lipinski definition) is 2. The van der Waals surface area contributed by atoms with E-state index in [2.05, 4.69) is 4.74 Å². The summed E-state index contributed by atoms with van der Waals surface area (Å²) in [5, 5.41) is 0. The van der Waals surface area contributed by atoms with Crippen LogP contribution >= 0.6 is 34.2 Å². The van der Waals surface area contributed by atoms with Gasteiger partial charge in [-0.25, -0.2) is 0 Å². The average Bonchev–Trinajstić information content (AvgIpc) is 2.14. The molecule has 0 saturated carbocycles. The number of benzene rings is 1. The van der Waals surface area contributed by atoms with Gasteiger partial charge < -0.3 is 4.74 Å². The van der Waals surface area contributed by atoms with Crippen molar-refractivity contribution in [3.05, 3.63) is 27.3 Å². The molecule has 0 atom stereocenters. The fraction of sp³-hybridized carbons (Fsp3) is 0.222. The van der Waals surface area contributed by atoms with Gasteiger partial charge in [-0.2, -0.15) is 0 Å². The van der Waals surface area contributed by atoms with Gasteiger partial charge in [-0.15, -0.1) is 24.8 Å². The Morgan fingerprint density at radius 2 is 2.06 bits per heavy atom. The maximum Gasteiger partial charge on any atom is 0.573 e. The molecule has 0 aliphatic heterocycles. The van der Waals surface area contributed by atoms with Crippen LogP contribution in [0.2, 0.25) is 0 Å². The highest BCUT2D eigenvalue weighted by Crippen LogP contribution is 2.28. The van der Waals surface area contributed by atoms with Crippen molar-refractivity contribution in [2.75, 3.05) is 5.88 Å². The molecule has 1 aromatic carbocycles. The smallest absolute Gasteiger partial charge is 0.405 e. The Balaban J connectivity index is 3.13. The van der Waals surface area contributed by atoms with Gasteiger partial charge in [0.25, 0.3) is 0 Å². The second-order valence-corrected chi connectivity index (χ2v) is 4.26. The molecule has 16 heavy (non-hydrogen) atoms. The summed E-state index contributed by atoms with van der Waals surface area (Å²) in [5.74, 6) is -1.53. The summed E-state index contributed by atoms with van der Waals surface area (Å²) < 4.78 is 40.4. The predicted molar refractivity (Wildman–Crippen MR) is 60.9 cm³/mol. The van der Waals surface area contributed by atoms with Crippen molar-refractivity contribution in [2.45, 2.75) is 6.36 Å². The molecule has 1 aromatic rings. The van der Waals surface area contributed by atoms with Crippen LogP contribution in [0.5, 0.6) is 5.75 Å². The van der Waals surface area contributed by atoms with Crippen molar-refractivity contribution in [3.8, 4) is 5.75 Å². The van der Waals surface area contributed by atoms with Crippen LogP contribution in [0, 0.1) is 3.57 Å². The maximum atomic E-state index is 12.1. The first-order valence-electron chi connectivity index (χ1n) is 3.98. The number of rotatable bonds is 3. The van der Waals surface area contributed by atoms with Crippen molar-refractivity contribution in [1.82, 2.24) is 0 Å². The molecule has 2 nitrogen and oxygen atoms in total. The van der Waals surface area contributed by atoms with Crippen LogP contribution in [0.3, 0.4) is 0 Å². The molecular formula is C9H5ClF3IO2. The molecule has 0 N–H and O–H groups in total. The van der Waals surface area contributed by atoms with Gasteiger partial charge in [0.05, 0.1) is 11.4 Å². The highest BCUT2D eigenvalue weighted by Gasteiger charge is 2.32. The highest BCUT2D eigenvalue weighted by molar-refractivity contribution is 14.1. The average molecular weight is 364 g/mol. The van der Waals surface area contributed by atoms with Crippen LogP contribution in [-0.4, -0.2) is 18.0 Å². The van der Waals surface area contributed by atoms with E-state index in [0.717, 1.165) is 6.07 Å². The number of ether oxygens (including phenoxy) is 1. The van der Waals surface area contributed by atoms with Crippen LogP contribution in [0.1, 0.15) is 10.4 Å². The third kappa shape index (κ3) is 3.82. The molecule has 7 heteroatoms. The second kappa shape index (κ2) is 5.22. The van der Waals surface area contributed by atoms with E-state index in [9.17, 15) is 18.0 Å². The van der Waals surface area contributed by atoms with Gasteiger partial charge in [0.2, 0.25) is 0 Å². The molecule has 0 radical (unpaired) electrons. The molecule has 0 aliphatic rings. The molecule has 1 rings (SSSR count). The molecule has 0 aromatic heterocycles. The Hall–Kier alpha value is -0.500. The summed E-state index contributed by atoms with van der Waals surface area (Å²) in [7, 11) is 0. The van der Waals surface area contributed by atoms with Crippen LogP contribution in [0.4, 0.5) is 13.2 Å². The summed E-state index contributed by atoms with van der Waals surface area (Å²) in [6.45, 7) is 0. The quantitative estimate of drug-likeness (QED) is 0.465. The van der Waals surface area contributed by atoms with Crippen LogP contribution in [-0.2, 0) is 0 Å². The number of ketones is 1. The van der Waals surface area contributed by atoms with Crippen LogP contribution < -0.4 is 4.74 Å². The van der Waals surface area contributed by atoms with E-state index in [0.29, 0.717) is 3.57 Å². The van der Waals surface area contributed by atoms with Crippen molar-refractivity contribution in [1.29, 1.82) is 0 Å². The molecular weight excluding hydrogens is 359 g/mol. The van der Waals surface area contributed by atoms with Crippen molar-refractivity contribution in [3.63, 3.8) is 0 Å². The number of halogens is 5. The van der Waals surface area contributed by atoms with Gasteiger partial charge in [-0.1, -0.05) is 0 Å². The number of carbonyl (C=O) groups excluding carboxylic acids is 1. The van der Waals surface area contributed by atoms with E-state index in [4.69, 9.17) is 11.6 Å². The Morgan fingerprint density at radius 1 is 1.44 bits per heavy atom. The van der Waals surface area contributed by atoms with E-state index >= 15 is 0 Å². The first-order chi connectivity index (χ1) is 7.33. The minimum absolute atomic E-state index is 0.173. The van der Waals surface area contributed by atoms with Gasteiger partial charge in [0.15, 0.2) is 5.78 Å². The number of alkyl halides is 4. The van der Waals surface area contributed by atoms with Crippen LogP contribution in [0.25, 0.3) is 0 Å². The second-order valence-electron chi connectivity index (χ2n) is 2.75. The van der Waals surface area contributed by atoms with E-state index in [1.165, 1.54) is 12.1 Å². The zero-order chi connectivity index (χ0) is 12.3. The Bertz CT molecular complexity index is 406. The first kappa shape index (κ1) is 13.6. The molecule has 88 valence electrons. The van der Waals surface area contributed by atoms with E-state index in [1.807, 2.05) is 22.6 Å². The van der Waals surface area contributed by atoms with E-state index in [1.54, 1.807) is 0 Å². The fourth-order valence-corrected chi connectivity index (χ4v) is 1.61. The van der Waals surface area contributed by atoms with Gasteiger partial charge in [-0.05, 0) is 40.8 Å². The maximum absolute atomic E-state index is 12.1. The summed E-state index contributed by atoms with van der Waals surface area (Å²) in [6.07, 6.45) is -4.83. The molecule has 0 heterocycles. The fourth-order valence-electron chi connectivity index (χ4n) is 1.01. The Morgan fingerprint density at radius 3 is 2.56 bits per heavy atom. The van der Waals surface area contributed by atoms with Gasteiger partial charge in [0, 0.05) is 3.57 Å². The number of hydrogen-bond donors (Lipinski definition) is 0. The molecule has 0 unspecified atom stereocenters. The summed E-state index contributed by atoms with van der Waals surface area (Å²) in [4.78, 5) is 11.2. The first-order valence-corrected chi connectivity index (χ1v) is 5.59. The standard InChI is InChI=1S/C9H5ClF3IO2/c10-4-7(15)6-2-1-5(14)3-8(6)16-9(11,12)13/h1-3H,4H2. The lowest BCUT2D eigenvalue weighted by Crippen LogP contribution is -2.19. The molecule has 0 amide bonds. The summed E-state index contributed by atoms with van der Waals surface area (Å²) in [6, 6.07) is 3.89. The van der Waals surface area contributed by atoms with Crippen LogP contribution in [0.15, 0.2) is 18.2 Å². The molecule has 0 bridgehead atoms. The SMILES string of the molecule is O=C(CCl)c1ccc(I)cc1OC(F)(F)F. The normalized spacial score (nSPS) is 11.3. The number of Topliss-reactive ketones (excluding diaryl/α,β-unsaturated/α-hetero) is 1. The van der Waals surface area contributed by atoms with Gasteiger partial charge in [-0.3, -0.25) is 4.79 Å². The predicted octanol–water partition coefficient (Wildman–Crippen LogP) is 3.61. The summed E-state index contributed by atoms with van der Waals surface area (Å²) in [5.41, 5.74) is -0.173. The molecule has 0 saturated heterocycles. The molecule has 0 aliphatic carbocycles. The Kier molecular flexibility index (Phi) is 4.43. The van der Waals surface area contributed by atoms with Crippen molar-refractivity contribution < 1.29 is 22.7 Å². The molecule has 0 fully saturated rings. The Labute approximate surface area is 108 Å². The monoisotopic (exact) mass is 364 g/mol. The highest BCUT2D eigenvalue weighted by atomic mass is 127. The third-order valence-corrected chi connectivity index (χ3v) is 2.50. The minimum atomic E-state index is -4.83. The van der Waals surface area contributed by atoms with Gasteiger partial charge >= 0.3 is 6.36 Å². The zero-order valence-electron chi connectivity index (χ0n) is 7.65. The number of carbonyl (C=O) groups is 1. The van der Waals surface area contributed by atoms with E-state index < -0.39 is 23.8 Å². The third-order valence-electron chi connectivity index (χ3n) is 1.59. The minimum Gasteiger partial charge on any atom is -0.405 e. The van der Waals surface area contributed by atoms with Crippen molar-refractivity contribution in [2.24, 2.45) is 0 Å². The summed E-state index contributed by atoms with van der Waals surface area (Å²) >= 11 is 7.10. The topological polar surface area (TPSA) is 26.3 Å².